The quantitative estimate of drug-likeness (QED) is 0.571. The Morgan fingerprint density at radius 2 is 1.72 bits per heavy atom. The lowest BCUT2D eigenvalue weighted by Gasteiger charge is -2.20. The lowest BCUT2D eigenvalue weighted by molar-refractivity contribution is 0.879. The lowest BCUT2D eigenvalue weighted by atomic mass is 10.0. The van der Waals surface area contributed by atoms with Crippen LogP contribution in [-0.4, -0.2) is 15.0 Å². The Bertz CT molecular complexity index is 957. The SMILES string of the molecule is Cc1sc2ncnc(NC(c3ccccc3)c3ccccn3)c2c1C. The summed E-state index contributed by atoms with van der Waals surface area (Å²) in [7, 11) is 0. The first-order valence-electron chi connectivity index (χ1n) is 8.17. The van der Waals surface area contributed by atoms with Crippen LogP contribution in [0.15, 0.2) is 61.1 Å². The number of anilines is 1. The van der Waals surface area contributed by atoms with Gasteiger partial charge in [0, 0.05) is 11.1 Å². The molecule has 0 amide bonds. The predicted molar refractivity (Wildman–Crippen MR) is 103 cm³/mol. The molecule has 0 aliphatic carbocycles. The fraction of sp³-hybridized carbons (Fsp3) is 0.150. The highest BCUT2D eigenvalue weighted by Gasteiger charge is 2.19. The molecule has 0 saturated heterocycles. The number of hydrogen-bond acceptors (Lipinski definition) is 5. The van der Waals surface area contributed by atoms with E-state index < -0.39 is 0 Å². The fourth-order valence-corrected chi connectivity index (χ4v) is 3.95. The van der Waals surface area contributed by atoms with Crippen molar-refractivity contribution in [2.75, 3.05) is 5.32 Å². The standard InChI is InChI=1S/C20H18N4S/c1-13-14(2)25-20-17(13)19(22-12-23-20)24-18(15-8-4-3-5-9-15)16-10-6-7-11-21-16/h3-12,18H,1-2H3,(H,22,23,24). The molecule has 4 aromatic rings. The molecular formula is C20H18N4S. The van der Waals surface area contributed by atoms with E-state index in [9.17, 15) is 0 Å². The second-order valence-corrected chi connectivity index (χ2v) is 7.13. The van der Waals surface area contributed by atoms with Crippen molar-refractivity contribution >= 4 is 27.4 Å². The first-order chi connectivity index (χ1) is 12.2. The molecule has 124 valence electrons. The van der Waals surface area contributed by atoms with E-state index >= 15 is 0 Å². The number of aryl methyl sites for hydroxylation is 2. The summed E-state index contributed by atoms with van der Waals surface area (Å²) in [4.78, 5) is 15.8. The summed E-state index contributed by atoms with van der Waals surface area (Å²) in [5.41, 5.74) is 3.35. The van der Waals surface area contributed by atoms with Crippen molar-refractivity contribution in [1.82, 2.24) is 15.0 Å². The molecule has 3 aromatic heterocycles. The Kier molecular flexibility index (Phi) is 4.15. The number of aromatic nitrogens is 3. The molecule has 1 atom stereocenters. The van der Waals surface area contributed by atoms with Crippen LogP contribution in [0.1, 0.15) is 27.7 Å². The van der Waals surface area contributed by atoms with Crippen LogP contribution in [-0.2, 0) is 0 Å². The van der Waals surface area contributed by atoms with Gasteiger partial charge in [-0.1, -0.05) is 36.4 Å². The highest BCUT2D eigenvalue weighted by molar-refractivity contribution is 7.18. The van der Waals surface area contributed by atoms with Crippen molar-refractivity contribution < 1.29 is 0 Å². The Morgan fingerprint density at radius 3 is 2.48 bits per heavy atom. The summed E-state index contributed by atoms with van der Waals surface area (Å²) in [6, 6.07) is 16.2. The van der Waals surface area contributed by atoms with E-state index in [0.717, 1.165) is 27.3 Å². The third-order valence-corrected chi connectivity index (χ3v) is 5.48. The Balaban J connectivity index is 1.83. The Morgan fingerprint density at radius 1 is 0.920 bits per heavy atom. The minimum Gasteiger partial charge on any atom is -0.357 e. The van der Waals surface area contributed by atoms with E-state index in [1.165, 1.54) is 10.4 Å². The van der Waals surface area contributed by atoms with Gasteiger partial charge in [-0.05, 0) is 37.1 Å². The Hall–Kier alpha value is -2.79. The number of nitrogens with one attached hydrogen (secondary N) is 1. The molecule has 0 fully saturated rings. The zero-order chi connectivity index (χ0) is 17.2. The van der Waals surface area contributed by atoms with Crippen molar-refractivity contribution in [2.45, 2.75) is 19.9 Å². The summed E-state index contributed by atoms with van der Waals surface area (Å²) in [6.07, 6.45) is 3.45. The molecule has 0 radical (unpaired) electrons. The first kappa shape index (κ1) is 15.7. The van der Waals surface area contributed by atoms with Crippen LogP contribution >= 0.6 is 11.3 Å². The number of hydrogen-bond donors (Lipinski definition) is 1. The largest absolute Gasteiger partial charge is 0.357 e. The highest BCUT2D eigenvalue weighted by atomic mass is 32.1. The van der Waals surface area contributed by atoms with Crippen LogP contribution in [0.5, 0.6) is 0 Å². The molecule has 5 heteroatoms. The number of benzene rings is 1. The molecular weight excluding hydrogens is 328 g/mol. The molecule has 1 unspecified atom stereocenters. The van der Waals surface area contributed by atoms with Crippen LogP contribution in [0.2, 0.25) is 0 Å². The second kappa shape index (κ2) is 6.61. The van der Waals surface area contributed by atoms with Crippen molar-refractivity contribution in [3.8, 4) is 0 Å². The molecule has 4 nitrogen and oxygen atoms in total. The van der Waals surface area contributed by atoms with Crippen LogP contribution in [0.3, 0.4) is 0 Å². The van der Waals surface area contributed by atoms with Crippen molar-refractivity contribution in [1.29, 1.82) is 0 Å². The van der Waals surface area contributed by atoms with Gasteiger partial charge in [0.1, 0.15) is 17.0 Å². The zero-order valence-corrected chi connectivity index (χ0v) is 14.9. The molecule has 3 heterocycles. The maximum Gasteiger partial charge on any atom is 0.139 e. The molecule has 1 aromatic carbocycles. The summed E-state index contributed by atoms with van der Waals surface area (Å²) < 4.78 is 0. The van der Waals surface area contributed by atoms with Crippen LogP contribution in [0.4, 0.5) is 5.82 Å². The average molecular weight is 346 g/mol. The van der Waals surface area contributed by atoms with Gasteiger partial charge in [-0.15, -0.1) is 11.3 Å². The second-order valence-electron chi connectivity index (χ2n) is 5.93. The minimum atomic E-state index is -0.0693. The normalized spacial score (nSPS) is 12.2. The van der Waals surface area contributed by atoms with E-state index in [1.54, 1.807) is 17.7 Å². The minimum absolute atomic E-state index is 0.0693. The summed E-state index contributed by atoms with van der Waals surface area (Å²) in [5, 5.41) is 4.70. The Labute approximate surface area is 150 Å². The topological polar surface area (TPSA) is 50.7 Å². The molecule has 0 aliphatic rings. The molecule has 0 spiro atoms. The van der Waals surface area contributed by atoms with Crippen LogP contribution in [0, 0.1) is 13.8 Å². The molecule has 1 N–H and O–H groups in total. The lowest BCUT2D eigenvalue weighted by Crippen LogP contribution is -2.15. The van der Waals surface area contributed by atoms with Gasteiger partial charge in [-0.2, -0.15) is 0 Å². The van der Waals surface area contributed by atoms with Gasteiger partial charge in [0.25, 0.3) is 0 Å². The summed E-state index contributed by atoms with van der Waals surface area (Å²) in [6.45, 7) is 4.25. The maximum atomic E-state index is 4.56. The van der Waals surface area contributed by atoms with Gasteiger partial charge < -0.3 is 5.32 Å². The first-order valence-corrected chi connectivity index (χ1v) is 8.99. The third kappa shape index (κ3) is 2.98. The van der Waals surface area contributed by atoms with Crippen molar-refractivity contribution in [3.63, 3.8) is 0 Å². The number of thiophene rings is 1. The smallest absolute Gasteiger partial charge is 0.139 e. The van der Waals surface area contributed by atoms with Crippen molar-refractivity contribution in [3.05, 3.63) is 82.8 Å². The number of rotatable bonds is 4. The van der Waals surface area contributed by atoms with Gasteiger partial charge >= 0.3 is 0 Å². The van der Waals surface area contributed by atoms with Gasteiger partial charge in [0.2, 0.25) is 0 Å². The van der Waals surface area contributed by atoms with Crippen LogP contribution in [0.25, 0.3) is 10.2 Å². The van der Waals surface area contributed by atoms with Crippen molar-refractivity contribution in [2.24, 2.45) is 0 Å². The molecule has 0 bridgehead atoms. The maximum absolute atomic E-state index is 4.56. The van der Waals surface area contributed by atoms with E-state index in [0.29, 0.717) is 0 Å². The summed E-state index contributed by atoms with van der Waals surface area (Å²) in [5.74, 6) is 0.853. The van der Waals surface area contributed by atoms with E-state index in [-0.39, 0.29) is 6.04 Å². The summed E-state index contributed by atoms with van der Waals surface area (Å²) >= 11 is 1.70. The van der Waals surface area contributed by atoms with Gasteiger partial charge in [0.15, 0.2) is 0 Å². The number of nitrogens with zero attached hydrogens (tertiary/aromatic N) is 3. The number of fused-ring (bicyclic) bond motifs is 1. The molecule has 0 saturated carbocycles. The third-order valence-electron chi connectivity index (χ3n) is 4.36. The zero-order valence-electron chi connectivity index (χ0n) is 14.1. The van der Waals surface area contributed by atoms with Crippen LogP contribution < -0.4 is 5.32 Å². The van der Waals surface area contributed by atoms with Gasteiger partial charge in [-0.25, -0.2) is 9.97 Å². The predicted octanol–water partition coefficient (Wildman–Crippen LogP) is 4.90. The molecule has 4 rings (SSSR count). The average Bonchev–Trinajstić information content (AvgIpc) is 2.96. The monoisotopic (exact) mass is 346 g/mol. The number of pyridine rings is 1. The van der Waals surface area contributed by atoms with E-state index in [1.807, 2.05) is 42.6 Å². The van der Waals surface area contributed by atoms with Gasteiger partial charge in [0.05, 0.1) is 17.1 Å². The highest BCUT2D eigenvalue weighted by Crippen LogP contribution is 2.35. The van der Waals surface area contributed by atoms with E-state index in [4.69, 9.17) is 0 Å². The molecule has 25 heavy (non-hydrogen) atoms. The van der Waals surface area contributed by atoms with E-state index in [2.05, 4.69) is 46.2 Å². The molecule has 0 aliphatic heterocycles. The van der Waals surface area contributed by atoms with Gasteiger partial charge in [-0.3, -0.25) is 4.98 Å². The fourth-order valence-electron chi connectivity index (χ4n) is 2.95.